The summed E-state index contributed by atoms with van der Waals surface area (Å²) in [7, 11) is 0. The average molecular weight is 237 g/mol. The number of hydrogen-bond donors (Lipinski definition) is 1. The van der Waals surface area contributed by atoms with Gasteiger partial charge in [0.05, 0.1) is 10.3 Å². The zero-order valence-corrected chi connectivity index (χ0v) is 9.97. The molecule has 70 valence electrons. The number of thioether (sulfide) groups is 1. The van der Waals surface area contributed by atoms with Gasteiger partial charge in [-0.3, -0.25) is 0 Å². The highest BCUT2D eigenvalue weighted by Gasteiger charge is 2.09. The first-order valence-electron chi connectivity index (χ1n) is 3.95. The molecule has 0 saturated heterocycles. The summed E-state index contributed by atoms with van der Waals surface area (Å²) < 4.78 is 1.11. The number of nitrogens with zero attached hydrogens (tertiary/aromatic N) is 1. The van der Waals surface area contributed by atoms with E-state index in [2.05, 4.69) is 24.8 Å². The summed E-state index contributed by atoms with van der Waals surface area (Å²) >= 11 is 7.67. The van der Waals surface area contributed by atoms with Crippen molar-refractivity contribution in [2.24, 2.45) is 0 Å². The summed E-state index contributed by atoms with van der Waals surface area (Å²) in [5, 5.41) is 12.2. The fourth-order valence-electron chi connectivity index (χ4n) is 1.34. The van der Waals surface area contributed by atoms with Gasteiger partial charge in [0.25, 0.3) is 0 Å². The van der Waals surface area contributed by atoms with Crippen molar-refractivity contribution in [1.29, 1.82) is 5.26 Å². The van der Waals surface area contributed by atoms with Crippen LogP contribution in [0.1, 0.15) is 5.56 Å². The molecule has 0 fully saturated rings. The molecular formula is C10H7NS3. The second-order valence-corrected chi connectivity index (χ2v) is 4.96. The first-order chi connectivity index (χ1) is 6.77. The maximum Gasteiger partial charge on any atom is 0.100 e. The van der Waals surface area contributed by atoms with E-state index in [0.717, 1.165) is 14.5 Å². The number of thiophene rings is 1. The Kier molecular flexibility index (Phi) is 2.73. The summed E-state index contributed by atoms with van der Waals surface area (Å²) in [4.78, 5) is 1.95. The lowest BCUT2D eigenvalue weighted by Crippen LogP contribution is -1.81. The van der Waals surface area contributed by atoms with E-state index in [1.165, 1.54) is 5.39 Å². The van der Waals surface area contributed by atoms with Crippen LogP contribution in [0.4, 0.5) is 0 Å². The van der Waals surface area contributed by atoms with Crippen molar-refractivity contribution in [3.05, 3.63) is 23.1 Å². The highest BCUT2D eigenvalue weighted by atomic mass is 32.2. The van der Waals surface area contributed by atoms with Crippen LogP contribution in [0.25, 0.3) is 10.1 Å². The highest BCUT2D eigenvalue weighted by Crippen LogP contribution is 2.36. The van der Waals surface area contributed by atoms with E-state index in [9.17, 15) is 0 Å². The zero-order valence-electron chi connectivity index (χ0n) is 7.44. The Bertz CT molecular complexity index is 522. The number of rotatable bonds is 1. The Morgan fingerprint density at radius 2 is 2.36 bits per heavy atom. The van der Waals surface area contributed by atoms with Gasteiger partial charge >= 0.3 is 0 Å². The Balaban J connectivity index is 2.89. The third-order valence-electron chi connectivity index (χ3n) is 2.02. The molecule has 0 saturated carbocycles. The molecule has 0 atom stereocenters. The van der Waals surface area contributed by atoms with Crippen molar-refractivity contribution < 1.29 is 0 Å². The van der Waals surface area contributed by atoms with E-state index < -0.39 is 0 Å². The molecule has 0 aliphatic carbocycles. The van der Waals surface area contributed by atoms with Gasteiger partial charge in [0.1, 0.15) is 6.07 Å². The average Bonchev–Trinajstić information content (AvgIpc) is 2.68. The predicted molar refractivity (Wildman–Crippen MR) is 65.6 cm³/mol. The lowest BCUT2D eigenvalue weighted by molar-refractivity contribution is 1.39. The lowest BCUT2D eigenvalue weighted by atomic mass is 10.2. The second kappa shape index (κ2) is 3.85. The van der Waals surface area contributed by atoms with E-state index >= 15 is 0 Å². The second-order valence-electron chi connectivity index (χ2n) is 2.75. The van der Waals surface area contributed by atoms with E-state index in [4.69, 9.17) is 5.26 Å². The number of fused-ring (bicyclic) bond motifs is 1. The van der Waals surface area contributed by atoms with Crippen molar-refractivity contribution in [1.82, 2.24) is 0 Å². The maximum atomic E-state index is 8.93. The molecule has 0 amide bonds. The minimum atomic E-state index is 0.660. The number of thiol groups is 1. The van der Waals surface area contributed by atoms with Crippen LogP contribution in [-0.4, -0.2) is 6.26 Å². The molecule has 2 aromatic rings. The van der Waals surface area contributed by atoms with Gasteiger partial charge < -0.3 is 0 Å². The Morgan fingerprint density at radius 1 is 1.57 bits per heavy atom. The van der Waals surface area contributed by atoms with Crippen molar-refractivity contribution in [2.75, 3.05) is 6.26 Å². The summed E-state index contributed by atoms with van der Waals surface area (Å²) in [6.45, 7) is 0. The standard InChI is InChI=1S/C10H7NS3/c1-13-8-4-6(5-11)9(12)10-7(8)2-3-14-10/h2-4,12H,1H3. The fourth-order valence-corrected chi connectivity index (χ4v) is 3.29. The van der Waals surface area contributed by atoms with Crippen LogP contribution in [0.15, 0.2) is 27.3 Å². The van der Waals surface area contributed by atoms with Gasteiger partial charge in [0, 0.05) is 15.2 Å². The summed E-state index contributed by atoms with van der Waals surface area (Å²) in [6, 6.07) is 6.15. The van der Waals surface area contributed by atoms with E-state index in [0.29, 0.717) is 5.56 Å². The molecule has 1 aromatic carbocycles. The van der Waals surface area contributed by atoms with Crippen LogP contribution in [0.3, 0.4) is 0 Å². The van der Waals surface area contributed by atoms with Crippen LogP contribution in [0.5, 0.6) is 0 Å². The smallest absolute Gasteiger partial charge is 0.100 e. The van der Waals surface area contributed by atoms with Gasteiger partial charge in [-0.1, -0.05) is 0 Å². The predicted octanol–water partition coefficient (Wildman–Crippen LogP) is 3.78. The molecule has 0 N–H and O–H groups in total. The Hall–Kier alpha value is -0.630. The van der Waals surface area contributed by atoms with Gasteiger partial charge in [-0.15, -0.1) is 35.7 Å². The molecule has 0 bridgehead atoms. The van der Waals surface area contributed by atoms with Crippen LogP contribution in [0, 0.1) is 11.3 Å². The third-order valence-corrected chi connectivity index (χ3v) is 4.34. The molecule has 0 aliphatic rings. The Labute approximate surface area is 96.2 Å². The number of hydrogen-bond acceptors (Lipinski definition) is 4. The van der Waals surface area contributed by atoms with Gasteiger partial charge in [-0.25, -0.2) is 0 Å². The Morgan fingerprint density at radius 3 is 3.00 bits per heavy atom. The molecule has 0 spiro atoms. The molecule has 2 rings (SSSR count). The van der Waals surface area contributed by atoms with Gasteiger partial charge in [0.2, 0.25) is 0 Å². The van der Waals surface area contributed by atoms with E-state index in [1.807, 2.05) is 17.7 Å². The van der Waals surface area contributed by atoms with Gasteiger partial charge in [0.15, 0.2) is 0 Å². The molecule has 0 radical (unpaired) electrons. The first-order valence-corrected chi connectivity index (χ1v) is 6.50. The lowest BCUT2D eigenvalue weighted by Gasteiger charge is -2.03. The van der Waals surface area contributed by atoms with Crippen molar-refractivity contribution in [3.8, 4) is 6.07 Å². The molecule has 1 aromatic heterocycles. The van der Waals surface area contributed by atoms with Crippen molar-refractivity contribution in [3.63, 3.8) is 0 Å². The topological polar surface area (TPSA) is 23.8 Å². The summed E-state index contributed by atoms with van der Waals surface area (Å²) in [6.07, 6.45) is 2.02. The van der Waals surface area contributed by atoms with E-state index in [-0.39, 0.29) is 0 Å². The van der Waals surface area contributed by atoms with Gasteiger partial charge in [-0.05, 0) is 23.8 Å². The van der Waals surface area contributed by atoms with E-state index in [1.54, 1.807) is 23.1 Å². The fraction of sp³-hybridized carbons (Fsp3) is 0.100. The molecule has 4 heteroatoms. The van der Waals surface area contributed by atoms with Crippen LogP contribution >= 0.6 is 35.7 Å². The summed E-state index contributed by atoms with van der Waals surface area (Å²) in [5.74, 6) is 0. The minimum absolute atomic E-state index is 0.660. The normalized spacial score (nSPS) is 10.4. The zero-order chi connectivity index (χ0) is 10.1. The number of benzene rings is 1. The molecule has 0 aliphatic heterocycles. The molecule has 14 heavy (non-hydrogen) atoms. The SMILES string of the molecule is CSc1cc(C#N)c(S)c2sccc12. The quantitative estimate of drug-likeness (QED) is 0.602. The third kappa shape index (κ3) is 1.42. The van der Waals surface area contributed by atoms with Crippen LogP contribution < -0.4 is 0 Å². The summed E-state index contributed by atoms with van der Waals surface area (Å²) in [5.41, 5.74) is 0.660. The minimum Gasteiger partial charge on any atom is -0.192 e. The van der Waals surface area contributed by atoms with Crippen LogP contribution in [-0.2, 0) is 0 Å². The molecule has 0 unspecified atom stereocenters. The van der Waals surface area contributed by atoms with Crippen LogP contribution in [0.2, 0.25) is 0 Å². The van der Waals surface area contributed by atoms with Gasteiger partial charge in [-0.2, -0.15) is 5.26 Å². The molecule has 1 heterocycles. The van der Waals surface area contributed by atoms with Crippen molar-refractivity contribution >= 4 is 45.8 Å². The van der Waals surface area contributed by atoms with Crippen molar-refractivity contribution in [2.45, 2.75) is 9.79 Å². The molecular weight excluding hydrogens is 230 g/mol. The maximum absolute atomic E-state index is 8.93. The molecule has 1 nitrogen and oxygen atoms in total. The highest BCUT2D eigenvalue weighted by molar-refractivity contribution is 7.98. The number of nitriles is 1. The first kappa shape index (κ1) is 9.91. The largest absolute Gasteiger partial charge is 0.192 e. The monoisotopic (exact) mass is 237 g/mol.